The van der Waals surface area contributed by atoms with Crippen molar-refractivity contribution in [3.63, 3.8) is 0 Å². The fourth-order valence-corrected chi connectivity index (χ4v) is 3.92. The molecule has 0 fully saturated rings. The fourth-order valence-electron chi connectivity index (χ4n) is 3.17. The highest BCUT2D eigenvalue weighted by Gasteiger charge is 2.38. The zero-order valence-corrected chi connectivity index (χ0v) is 17.4. The van der Waals surface area contributed by atoms with Gasteiger partial charge in [-0.1, -0.05) is 34.1 Å². The van der Waals surface area contributed by atoms with Crippen LogP contribution in [0, 0.1) is 10.1 Å². The molecule has 0 aliphatic carbocycles. The van der Waals surface area contributed by atoms with Gasteiger partial charge in [0, 0.05) is 21.9 Å². The normalized spacial score (nSPS) is 16.6. The molecule has 3 rings (SSSR count). The Balaban J connectivity index is 2.20. The van der Waals surface area contributed by atoms with Gasteiger partial charge >= 0.3 is 5.97 Å². The largest absolute Gasteiger partial charge is 0.466 e. The first-order valence-electron chi connectivity index (χ1n) is 8.23. The van der Waals surface area contributed by atoms with Crippen LogP contribution in [0.4, 0.5) is 11.4 Å². The van der Waals surface area contributed by atoms with Gasteiger partial charge in [-0.05, 0) is 43.4 Å². The quantitative estimate of drug-likeness (QED) is 0.315. The summed E-state index contributed by atoms with van der Waals surface area (Å²) >= 11 is 8.96. The molecule has 144 valence electrons. The van der Waals surface area contributed by atoms with Gasteiger partial charge in [-0.25, -0.2) is 4.79 Å². The SMILES string of the molecule is COC(=O)C1=C(C)N(c2cccc(Br)c2)C(=S)NC1c1ccccc1[N+](=O)[O-]. The van der Waals surface area contributed by atoms with E-state index in [0.717, 1.165) is 10.2 Å². The molecule has 0 aromatic heterocycles. The molecule has 0 spiro atoms. The number of nitrogens with zero attached hydrogens (tertiary/aromatic N) is 2. The van der Waals surface area contributed by atoms with Crippen molar-refractivity contribution in [2.75, 3.05) is 12.0 Å². The van der Waals surface area contributed by atoms with Crippen molar-refractivity contribution in [3.05, 3.63) is 80.0 Å². The molecule has 2 aromatic carbocycles. The summed E-state index contributed by atoms with van der Waals surface area (Å²) in [6, 6.07) is 12.9. The average molecular weight is 462 g/mol. The number of rotatable bonds is 4. The molecule has 1 heterocycles. The van der Waals surface area contributed by atoms with Crippen LogP contribution in [0.25, 0.3) is 0 Å². The summed E-state index contributed by atoms with van der Waals surface area (Å²) < 4.78 is 5.82. The molecule has 9 heteroatoms. The second kappa shape index (κ2) is 8.07. The Bertz CT molecular complexity index is 1010. The predicted octanol–water partition coefficient (Wildman–Crippen LogP) is 4.24. The highest BCUT2D eigenvalue weighted by Crippen LogP contribution is 2.37. The molecular weight excluding hydrogens is 446 g/mol. The third-order valence-electron chi connectivity index (χ3n) is 4.40. The summed E-state index contributed by atoms with van der Waals surface area (Å²) in [5, 5.41) is 14.9. The van der Waals surface area contributed by atoms with Crippen molar-refractivity contribution in [1.29, 1.82) is 0 Å². The lowest BCUT2D eigenvalue weighted by atomic mass is 9.93. The van der Waals surface area contributed by atoms with E-state index in [1.807, 2.05) is 24.3 Å². The van der Waals surface area contributed by atoms with Crippen LogP contribution < -0.4 is 10.2 Å². The summed E-state index contributed by atoms with van der Waals surface area (Å²) in [5.74, 6) is -0.587. The number of hydrogen-bond donors (Lipinski definition) is 1. The average Bonchev–Trinajstić information content (AvgIpc) is 2.67. The van der Waals surface area contributed by atoms with Crippen LogP contribution >= 0.6 is 28.1 Å². The zero-order valence-electron chi connectivity index (χ0n) is 15.0. The van der Waals surface area contributed by atoms with Gasteiger partial charge in [0.05, 0.1) is 29.2 Å². The number of anilines is 1. The number of halogens is 1. The van der Waals surface area contributed by atoms with E-state index in [-0.39, 0.29) is 11.3 Å². The Morgan fingerprint density at radius 1 is 1.29 bits per heavy atom. The van der Waals surface area contributed by atoms with E-state index < -0.39 is 16.9 Å². The lowest BCUT2D eigenvalue weighted by Gasteiger charge is -2.37. The number of ether oxygens (including phenoxy) is 1. The number of esters is 1. The molecule has 1 unspecified atom stereocenters. The minimum absolute atomic E-state index is 0.104. The van der Waals surface area contributed by atoms with Gasteiger partial charge in [-0.15, -0.1) is 0 Å². The summed E-state index contributed by atoms with van der Waals surface area (Å²) in [7, 11) is 1.27. The third-order valence-corrected chi connectivity index (χ3v) is 5.19. The first-order chi connectivity index (χ1) is 13.3. The van der Waals surface area contributed by atoms with E-state index in [1.54, 1.807) is 30.0 Å². The minimum Gasteiger partial charge on any atom is -0.466 e. The Kier molecular flexibility index (Phi) is 5.76. The topological polar surface area (TPSA) is 84.7 Å². The Morgan fingerprint density at radius 3 is 2.64 bits per heavy atom. The monoisotopic (exact) mass is 461 g/mol. The molecule has 1 aliphatic heterocycles. The van der Waals surface area contributed by atoms with Gasteiger partial charge in [0.1, 0.15) is 0 Å². The van der Waals surface area contributed by atoms with Gasteiger partial charge < -0.3 is 10.1 Å². The number of carbonyl (C=O) groups is 1. The Labute approximate surface area is 175 Å². The molecule has 1 N–H and O–H groups in total. The van der Waals surface area contributed by atoms with E-state index in [4.69, 9.17) is 17.0 Å². The molecule has 28 heavy (non-hydrogen) atoms. The van der Waals surface area contributed by atoms with E-state index >= 15 is 0 Å². The zero-order chi connectivity index (χ0) is 20.4. The van der Waals surface area contributed by atoms with Crippen molar-refractivity contribution in [1.82, 2.24) is 5.32 Å². The summed E-state index contributed by atoms with van der Waals surface area (Å²) in [5.41, 5.74) is 1.77. The molecule has 0 saturated heterocycles. The number of hydrogen-bond acceptors (Lipinski definition) is 5. The molecule has 1 aliphatic rings. The molecule has 0 radical (unpaired) electrons. The summed E-state index contributed by atoms with van der Waals surface area (Å²) in [4.78, 5) is 25.3. The molecule has 0 bridgehead atoms. The number of methoxy groups -OCH3 is 1. The van der Waals surface area contributed by atoms with Crippen LogP contribution in [0.3, 0.4) is 0 Å². The Hall–Kier alpha value is -2.78. The van der Waals surface area contributed by atoms with E-state index in [0.29, 0.717) is 16.4 Å². The van der Waals surface area contributed by atoms with Gasteiger partial charge in [0.25, 0.3) is 5.69 Å². The summed E-state index contributed by atoms with van der Waals surface area (Å²) in [6.45, 7) is 1.74. The predicted molar refractivity (Wildman–Crippen MR) is 113 cm³/mol. The van der Waals surface area contributed by atoms with Crippen molar-refractivity contribution >= 4 is 50.6 Å². The lowest BCUT2D eigenvalue weighted by molar-refractivity contribution is -0.385. The van der Waals surface area contributed by atoms with E-state index in [2.05, 4.69) is 21.2 Å². The van der Waals surface area contributed by atoms with Crippen molar-refractivity contribution in [3.8, 4) is 0 Å². The molecule has 7 nitrogen and oxygen atoms in total. The van der Waals surface area contributed by atoms with Crippen LogP contribution in [0.5, 0.6) is 0 Å². The van der Waals surface area contributed by atoms with Gasteiger partial charge in [-0.2, -0.15) is 0 Å². The molecule has 2 aromatic rings. The Morgan fingerprint density at radius 2 is 2.00 bits per heavy atom. The van der Waals surface area contributed by atoms with Crippen molar-refractivity contribution < 1.29 is 14.5 Å². The fraction of sp³-hybridized carbons (Fsp3) is 0.158. The molecule has 1 atom stereocenters. The maximum Gasteiger partial charge on any atom is 0.337 e. The lowest BCUT2D eigenvalue weighted by Crippen LogP contribution is -2.48. The van der Waals surface area contributed by atoms with Crippen LogP contribution in [0.1, 0.15) is 18.5 Å². The summed E-state index contributed by atoms with van der Waals surface area (Å²) in [6.07, 6.45) is 0. The molecule has 0 amide bonds. The highest BCUT2D eigenvalue weighted by atomic mass is 79.9. The van der Waals surface area contributed by atoms with Crippen LogP contribution in [0.2, 0.25) is 0 Å². The third kappa shape index (κ3) is 3.63. The van der Waals surface area contributed by atoms with Gasteiger partial charge in [0.15, 0.2) is 5.11 Å². The van der Waals surface area contributed by atoms with E-state index in [1.165, 1.54) is 13.2 Å². The number of allylic oxidation sites excluding steroid dienone is 1. The van der Waals surface area contributed by atoms with Gasteiger partial charge in [-0.3, -0.25) is 15.0 Å². The van der Waals surface area contributed by atoms with Crippen LogP contribution in [-0.4, -0.2) is 23.1 Å². The molecular formula is C19H16BrN3O4S. The number of para-hydroxylation sites is 1. The smallest absolute Gasteiger partial charge is 0.337 e. The standard InChI is InChI=1S/C19H16BrN3O4S/c1-11-16(18(24)27-2)17(14-8-3-4-9-15(14)23(25)26)21-19(28)22(11)13-7-5-6-12(20)10-13/h3-10,17H,1-2H3,(H,21,28). The van der Waals surface area contributed by atoms with Crippen LogP contribution in [-0.2, 0) is 9.53 Å². The maximum atomic E-state index is 12.6. The van der Waals surface area contributed by atoms with E-state index in [9.17, 15) is 14.9 Å². The second-order valence-corrected chi connectivity index (χ2v) is 7.31. The van der Waals surface area contributed by atoms with Crippen molar-refractivity contribution in [2.24, 2.45) is 0 Å². The van der Waals surface area contributed by atoms with Gasteiger partial charge in [0.2, 0.25) is 0 Å². The second-order valence-electron chi connectivity index (χ2n) is 6.00. The number of nitrogens with one attached hydrogen (secondary N) is 1. The van der Waals surface area contributed by atoms with Crippen LogP contribution in [0.15, 0.2) is 64.3 Å². The number of benzene rings is 2. The first-order valence-corrected chi connectivity index (χ1v) is 9.44. The molecule has 0 saturated carbocycles. The first kappa shape index (κ1) is 20.0. The number of thiocarbonyl (C=S) groups is 1. The highest BCUT2D eigenvalue weighted by molar-refractivity contribution is 9.10. The number of carbonyl (C=O) groups excluding carboxylic acids is 1. The minimum atomic E-state index is -0.801. The van der Waals surface area contributed by atoms with Crippen molar-refractivity contribution in [2.45, 2.75) is 13.0 Å². The maximum absolute atomic E-state index is 12.6. The number of nitro benzene ring substituents is 1. The number of nitro groups is 1.